The molecule has 3 rings (SSSR count). The summed E-state index contributed by atoms with van der Waals surface area (Å²) in [4.78, 5) is 4.04. The second-order valence-electron chi connectivity index (χ2n) is 4.99. The number of anilines is 3. The third-order valence-electron chi connectivity index (χ3n) is 3.64. The molecule has 6 nitrogen and oxygen atoms in total. The van der Waals surface area contributed by atoms with Crippen LogP contribution < -0.4 is 9.80 Å². The Hall–Kier alpha value is -1.86. The van der Waals surface area contributed by atoms with E-state index in [1.165, 1.54) is 12.1 Å². The fraction of sp³-hybridized carbons (Fsp3) is 0.429. The lowest BCUT2D eigenvalue weighted by Crippen LogP contribution is -2.37. The lowest BCUT2D eigenvalue weighted by molar-refractivity contribution is 0.121. The van der Waals surface area contributed by atoms with Crippen LogP contribution in [-0.2, 0) is 11.8 Å². The average Bonchev–Trinajstić information content (AvgIpc) is 2.90. The molecule has 1 fully saturated rings. The van der Waals surface area contributed by atoms with Crippen molar-refractivity contribution in [3.05, 3.63) is 30.1 Å². The fourth-order valence-corrected chi connectivity index (χ4v) is 2.42. The van der Waals surface area contributed by atoms with Crippen LogP contribution in [0.5, 0.6) is 0 Å². The highest BCUT2D eigenvalue weighted by Gasteiger charge is 2.20. The first kappa shape index (κ1) is 16.5. The largest absolute Gasteiger partial charge is 0.378 e. The van der Waals surface area contributed by atoms with Crippen molar-refractivity contribution >= 4 is 30.0 Å². The van der Waals surface area contributed by atoms with Crippen LogP contribution in [0.15, 0.2) is 24.3 Å². The first-order valence-corrected chi connectivity index (χ1v) is 6.88. The second-order valence-corrected chi connectivity index (χ2v) is 4.99. The summed E-state index contributed by atoms with van der Waals surface area (Å²) in [5, 5.41) is 8.52. The van der Waals surface area contributed by atoms with Crippen molar-refractivity contribution in [1.29, 1.82) is 0 Å². The minimum absolute atomic E-state index is 0. The summed E-state index contributed by atoms with van der Waals surface area (Å²) in [6.45, 7) is 3.03. The molecule has 2 aromatic rings. The quantitative estimate of drug-likeness (QED) is 0.862. The SMILES string of the molecule is CN(c1ccc(F)cc1)c1nnc(N2CCOCC2)n1C.Cl. The maximum absolute atomic E-state index is 13.0. The van der Waals surface area contributed by atoms with Crippen LogP contribution in [0, 0.1) is 5.82 Å². The van der Waals surface area contributed by atoms with E-state index in [1.807, 2.05) is 23.6 Å². The van der Waals surface area contributed by atoms with E-state index in [0.29, 0.717) is 19.2 Å². The van der Waals surface area contributed by atoms with Gasteiger partial charge >= 0.3 is 0 Å². The van der Waals surface area contributed by atoms with Gasteiger partial charge in [0, 0.05) is 32.9 Å². The van der Waals surface area contributed by atoms with Crippen LogP contribution in [0.2, 0.25) is 0 Å². The van der Waals surface area contributed by atoms with Gasteiger partial charge in [-0.25, -0.2) is 4.39 Å². The minimum Gasteiger partial charge on any atom is -0.378 e. The molecule has 0 bridgehead atoms. The maximum Gasteiger partial charge on any atom is 0.232 e. The zero-order valence-corrected chi connectivity index (χ0v) is 13.4. The molecule has 1 aromatic heterocycles. The van der Waals surface area contributed by atoms with E-state index in [0.717, 1.165) is 24.7 Å². The summed E-state index contributed by atoms with van der Waals surface area (Å²) in [5.74, 6) is 1.28. The van der Waals surface area contributed by atoms with Gasteiger partial charge in [0.05, 0.1) is 13.2 Å². The Labute approximate surface area is 134 Å². The zero-order chi connectivity index (χ0) is 14.8. The van der Waals surface area contributed by atoms with Crippen LogP contribution >= 0.6 is 12.4 Å². The molecule has 1 aliphatic rings. The number of nitrogens with zero attached hydrogens (tertiary/aromatic N) is 5. The molecule has 0 atom stereocenters. The highest BCUT2D eigenvalue weighted by molar-refractivity contribution is 5.85. The van der Waals surface area contributed by atoms with E-state index in [-0.39, 0.29) is 18.2 Å². The Morgan fingerprint density at radius 3 is 2.41 bits per heavy atom. The van der Waals surface area contributed by atoms with Crippen molar-refractivity contribution < 1.29 is 9.13 Å². The summed E-state index contributed by atoms with van der Waals surface area (Å²) in [6, 6.07) is 6.31. The molecular formula is C14H19ClFN5O. The van der Waals surface area contributed by atoms with Crippen molar-refractivity contribution in [2.24, 2.45) is 7.05 Å². The van der Waals surface area contributed by atoms with Gasteiger partial charge in [-0.05, 0) is 24.3 Å². The van der Waals surface area contributed by atoms with Crippen molar-refractivity contribution in [3.63, 3.8) is 0 Å². The van der Waals surface area contributed by atoms with E-state index in [1.54, 1.807) is 12.1 Å². The molecule has 0 aliphatic carbocycles. The smallest absolute Gasteiger partial charge is 0.232 e. The summed E-state index contributed by atoms with van der Waals surface area (Å²) in [5.41, 5.74) is 0.862. The standard InChI is InChI=1S/C14H18FN5O.ClH/c1-18(12-5-3-11(15)4-6-12)13-16-17-14(19(13)2)20-7-9-21-10-8-20;/h3-6H,7-10H2,1-2H3;1H. The molecular weight excluding hydrogens is 309 g/mol. The van der Waals surface area contributed by atoms with Gasteiger partial charge in [-0.1, -0.05) is 0 Å². The van der Waals surface area contributed by atoms with E-state index >= 15 is 0 Å². The number of rotatable bonds is 3. The minimum atomic E-state index is -0.251. The number of hydrogen-bond acceptors (Lipinski definition) is 5. The third-order valence-corrected chi connectivity index (χ3v) is 3.64. The molecule has 0 amide bonds. The van der Waals surface area contributed by atoms with Crippen LogP contribution in [0.25, 0.3) is 0 Å². The molecule has 2 heterocycles. The number of benzene rings is 1. The van der Waals surface area contributed by atoms with E-state index < -0.39 is 0 Å². The molecule has 1 aliphatic heterocycles. The Kier molecular flexibility index (Phi) is 5.20. The van der Waals surface area contributed by atoms with Gasteiger partial charge in [-0.3, -0.25) is 4.57 Å². The molecule has 0 spiro atoms. The molecule has 1 aromatic carbocycles. The predicted octanol–water partition coefficient (Wildman–Crippen LogP) is 1.98. The van der Waals surface area contributed by atoms with Gasteiger partial charge in [0.15, 0.2) is 0 Å². The van der Waals surface area contributed by atoms with Gasteiger partial charge in [0.2, 0.25) is 11.9 Å². The monoisotopic (exact) mass is 327 g/mol. The summed E-state index contributed by atoms with van der Waals surface area (Å²) < 4.78 is 20.3. The Morgan fingerprint density at radius 2 is 1.77 bits per heavy atom. The highest BCUT2D eigenvalue weighted by Crippen LogP contribution is 2.24. The molecule has 0 saturated carbocycles. The van der Waals surface area contributed by atoms with Gasteiger partial charge in [0.25, 0.3) is 0 Å². The zero-order valence-electron chi connectivity index (χ0n) is 12.6. The van der Waals surface area contributed by atoms with Crippen LogP contribution in [0.1, 0.15) is 0 Å². The molecule has 8 heteroatoms. The Balaban J connectivity index is 0.00000176. The van der Waals surface area contributed by atoms with Crippen molar-refractivity contribution in [2.75, 3.05) is 43.2 Å². The number of halogens is 2. The predicted molar refractivity (Wildman–Crippen MR) is 85.7 cm³/mol. The van der Waals surface area contributed by atoms with Gasteiger partial charge in [0.1, 0.15) is 5.82 Å². The first-order chi connectivity index (χ1) is 10.2. The van der Waals surface area contributed by atoms with Gasteiger partial charge in [-0.2, -0.15) is 0 Å². The van der Waals surface area contributed by atoms with Crippen molar-refractivity contribution in [1.82, 2.24) is 14.8 Å². The molecule has 0 radical (unpaired) electrons. The molecule has 0 unspecified atom stereocenters. The molecule has 0 N–H and O–H groups in total. The second kappa shape index (κ2) is 6.93. The van der Waals surface area contributed by atoms with Crippen LogP contribution in [0.4, 0.5) is 22.0 Å². The van der Waals surface area contributed by atoms with Crippen molar-refractivity contribution in [3.8, 4) is 0 Å². The summed E-state index contributed by atoms with van der Waals surface area (Å²) in [6.07, 6.45) is 0. The average molecular weight is 328 g/mol. The van der Waals surface area contributed by atoms with Gasteiger partial charge < -0.3 is 14.5 Å². The maximum atomic E-state index is 13.0. The van der Waals surface area contributed by atoms with Gasteiger partial charge in [-0.15, -0.1) is 22.6 Å². The Bertz CT molecular complexity index is 612. The van der Waals surface area contributed by atoms with Crippen molar-refractivity contribution in [2.45, 2.75) is 0 Å². The number of hydrogen-bond donors (Lipinski definition) is 0. The lowest BCUT2D eigenvalue weighted by atomic mass is 10.3. The summed E-state index contributed by atoms with van der Waals surface area (Å²) in [7, 11) is 3.82. The van der Waals surface area contributed by atoms with Crippen LogP contribution in [0.3, 0.4) is 0 Å². The van der Waals surface area contributed by atoms with Crippen LogP contribution in [-0.4, -0.2) is 48.1 Å². The summed E-state index contributed by atoms with van der Waals surface area (Å²) >= 11 is 0. The van der Waals surface area contributed by atoms with E-state index in [2.05, 4.69) is 15.1 Å². The van der Waals surface area contributed by atoms with E-state index in [9.17, 15) is 4.39 Å². The normalized spacial score (nSPS) is 14.6. The highest BCUT2D eigenvalue weighted by atomic mass is 35.5. The Morgan fingerprint density at radius 1 is 1.14 bits per heavy atom. The topological polar surface area (TPSA) is 46.4 Å². The number of aromatic nitrogens is 3. The number of ether oxygens (including phenoxy) is 1. The van der Waals surface area contributed by atoms with E-state index in [4.69, 9.17) is 4.74 Å². The molecule has 120 valence electrons. The molecule has 22 heavy (non-hydrogen) atoms. The third kappa shape index (κ3) is 3.15. The fourth-order valence-electron chi connectivity index (χ4n) is 2.42. The first-order valence-electron chi connectivity index (χ1n) is 6.88. The lowest BCUT2D eigenvalue weighted by Gasteiger charge is -2.27. The number of morpholine rings is 1. The molecule has 1 saturated heterocycles.